The van der Waals surface area contributed by atoms with Gasteiger partial charge in [-0.25, -0.2) is 0 Å². The third-order valence-electron chi connectivity index (χ3n) is 7.37. The van der Waals surface area contributed by atoms with Crippen LogP contribution in [-0.2, 0) is 4.79 Å². The number of fused-ring (bicyclic) bond motifs is 2. The highest BCUT2D eigenvalue weighted by atomic mass is 16.2. The number of rotatable bonds is 5. The van der Waals surface area contributed by atoms with E-state index in [-0.39, 0.29) is 5.91 Å². The van der Waals surface area contributed by atoms with Gasteiger partial charge in [0.05, 0.1) is 17.9 Å². The van der Waals surface area contributed by atoms with Gasteiger partial charge in [0.15, 0.2) is 5.65 Å². The summed E-state index contributed by atoms with van der Waals surface area (Å²) < 4.78 is 1.83. The second-order valence-electron chi connectivity index (χ2n) is 10.5. The summed E-state index contributed by atoms with van der Waals surface area (Å²) in [6.07, 6.45) is 2.01. The number of aromatic amines is 1. The van der Waals surface area contributed by atoms with Gasteiger partial charge in [-0.15, -0.1) is 5.10 Å². The molecule has 1 saturated heterocycles. The summed E-state index contributed by atoms with van der Waals surface area (Å²) >= 11 is 0. The van der Waals surface area contributed by atoms with Crippen molar-refractivity contribution in [2.45, 2.75) is 52.4 Å². The summed E-state index contributed by atoms with van der Waals surface area (Å²) in [6, 6.07) is 9.06. The summed E-state index contributed by atoms with van der Waals surface area (Å²) in [5.41, 5.74) is 9.01. The summed E-state index contributed by atoms with van der Waals surface area (Å²) in [5, 5.41) is 13.5. The molecule has 4 aromatic rings. The Morgan fingerprint density at radius 3 is 2.60 bits per heavy atom. The normalized spacial score (nSPS) is 15.3. The lowest BCUT2D eigenvalue weighted by Gasteiger charge is -2.33. The smallest absolute Gasteiger partial charge is 0.236 e. The molecule has 3 aromatic heterocycles. The van der Waals surface area contributed by atoms with Crippen molar-refractivity contribution in [1.29, 1.82) is 0 Å². The van der Waals surface area contributed by atoms with Gasteiger partial charge in [-0.2, -0.15) is 4.52 Å². The van der Waals surface area contributed by atoms with Crippen LogP contribution in [0.2, 0.25) is 0 Å². The minimum Gasteiger partial charge on any atom is -0.354 e. The number of likely N-dealkylation sites (N-methyl/N-ethyl adjacent to an activating group) is 1. The second-order valence-corrected chi connectivity index (χ2v) is 10.5. The molecule has 1 aromatic carbocycles. The zero-order valence-corrected chi connectivity index (χ0v) is 21.6. The first-order chi connectivity index (χ1) is 16.7. The summed E-state index contributed by atoms with van der Waals surface area (Å²) in [7, 11) is 3.89. The Morgan fingerprint density at radius 1 is 1.17 bits per heavy atom. The molecule has 0 unspecified atom stereocenters. The highest BCUT2D eigenvalue weighted by Gasteiger charge is 2.26. The van der Waals surface area contributed by atoms with Gasteiger partial charge in [0, 0.05) is 29.6 Å². The summed E-state index contributed by atoms with van der Waals surface area (Å²) in [5.74, 6) is 1.05. The van der Waals surface area contributed by atoms with E-state index in [0.717, 1.165) is 59.6 Å². The summed E-state index contributed by atoms with van der Waals surface area (Å²) in [4.78, 5) is 20.1. The van der Waals surface area contributed by atoms with Crippen LogP contribution in [0.3, 0.4) is 0 Å². The molecule has 1 fully saturated rings. The van der Waals surface area contributed by atoms with E-state index < -0.39 is 0 Å². The number of likely N-dealkylation sites (tertiary alicyclic amines) is 1. The summed E-state index contributed by atoms with van der Waals surface area (Å²) in [6.45, 7) is 10.8. The molecule has 8 heteroatoms. The number of tetrazole rings is 1. The molecule has 184 valence electrons. The van der Waals surface area contributed by atoms with Gasteiger partial charge >= 0.3 is 0 Å². The molecule has 0 bridgehead atoms. The molecule has 1 aliphatic heterocycles. The molecule has 0 spiro atoms. The topological polar surface area (TPSA) is 82.4 Å². The van der Waals surface area contributed by atoms with Crippen molar-refractivity contribution in [3.8, 4) is 11.3 Å². The molecule has 1 N–H and O–H groups in total. The number of amides is 1. The van der Waals surface area contributed by atoms with E-state index >= 15 is 0 Å². The van der Waals surface area contributed by atoms with Crippen LogP contribution in [0.1, 0.15) is 60.9 Å². The first-order valence-corrected chi connectivity index (χ1v) is 12.5. The van der Waals surface area contributed by atoms with Crippen molar-refractivity contribution in [3.05, 3.63) is 46.6 Å². The standard InChI is InChI=1S/C27H35N7O/c1-16(2)25-22-14-20(19-9-11-33(12-10-19)24(35)15-32(5)6)7-8-23(22)28-26(25)21-13-17(3)27-29-30-31-34(27)18(21)4/h7-8,13-14,16,19,28H,9-12,15H2,1-6H3. The van der Waals surface area contributed by atoms with Crippen molar-refractivity contribution in [2.75, 3.05) is 33.7 Å². The van der Waals surface area contributed by atoms with Gasteiger partial charge in [-0.1, -0.05) is 19.9 Å². The minimum atomic E-state index is 0.228. The quantitative estimate of drug-likeness (QED) is 0.468. The van der Waals surface area contributed by atoms with Gasteiger partial charge in [-0.3, -0.25) is 4.79 Å². The largest absolute Gasteiger partial charge is 0.354 e. The number of carbonyl (C=O) groups excluding carboxylic acids is 1. The van der Waals surface area contributed by atoms with Gasteiger partial charge in [-0.05, 0) is 97.9 Å². The number of piperidine rings is 1. The van der Waals surface area contributed by atoms with Crippen LogP contribution < -0.4 is 0 Å². The molecule has 8 nitrogen and oxygen atoms in total. The lowest BCUT2D eigenvalue weighted by molar-refractivity contribution is -0.132. The lowest BCUT2D eigenvalue weighted by atomic mass is 9.87. The van der Waals surface area contributed by atoms with Gasteiger partial charge in [0.2, 0.25) is 5.91 Å². The third kappa shape index (κ3) is 4.20. The fourth-order valence-corrected chi connectivity index (χ4v) is 5.54. The molecule has 1 aliphatic rings. The molecule has 5 rings (SSSR count). The monoisotopic (exact) mass is 473 g/mol. The van der Waals surface area contributed by atoms with E-state index in [9.17, 15) is 4.79 Å². The predicted molar refractivity (Wildman–Crippen MR) is 139 cm³/mol. The number of nitrogens with one attached hydrogen (secondary N) is 1. The van der Waals surface area contributed by atoms with Crippen molar-refractivity contribution < 1.29 is 4.79 Å². The van der Waals surface area contributed by atoms with Crippen LogP contribution in [0.25, 0.3) is 27.8 Å². The fourth-order valence-electron chi connectivity index (χ4n) is 5.54. The van der Waals surface area contributed by atoms with E-state index in [1.54, 1.807) is 0 Å². The maximum Gasteiger partial charge on any atom is 0.236 e. The van der Waals surface area contributed by atoms with Crippen LogP contribution in [0, 0.1) is 13.8 Å². The lowest BCUT2D eigenvalue weighted by Crippen LogP contribution is -2.42. The Bertz CT molecular complexity index is 1390. The molecular weight excluding hydrogens is 438 g/mol. The maximum absolute atomic E-state index is 12.5. The SMILES string of the molecule is Cc1cc(-c2[nH]c3ccc(C4CCN(C(=O)CN(C)C)CC4)cc3c2C(C)C)c(C)n2nnnc12. The number of pyridine rings is 1. The van der Waals surface area contributed by atoms with Gasteiger partial charge < -0.3 is 14.8 Å². The predicted octanol–water partition coefficient (Wildman–Crippen LogP) is 4.28. The Labute approximate surface area is 206 Å². The molecule has 0 atom stereocenters. The van der Waals surface area contributed by atoms with Gasteiger partial charge in [0.25, 0.3) is 0 Å². The average Bonchev–Trinajstić information content (AvgIpc) is 3.46. The van der Waals surface area contributed by atoms with Crippen molar-refractivity contribution >= 4 is 22.5 Å². The van der Waals surface area contributed by atoms with Crippen LogP contribution in [0.4, 0.5) is 0 Å². The van der Waals surface area contributed by atoms with E-state index in [1.807, 2.05) is 28.4 Å². The number of benzene rings is 1. The third-order valence-corrected chi connectivity index (χ3v) is 7.37. The number of hydrogen-bond acceptors (Lipinski definition) is 5. The fraction of sp³-hybridized carbons (Fsp3) is 0.481. The van der Waals surface area contributed by atoms with Crippen LogP contribution in [0.5, 0.6) is 0 Å². The zero-order chi connectivity index (χ0) is 24.9. The number of hydrogen-bond donors (Lipinski definition) is 1. The molecule has 1 amide bonds. The zero-order valence-electron chi connectivity index (χ0n) is 21.6. The van der Waals surface area contributed by atoms with Gasteiger partial charge in [0.1, 0.15) is 0 Å². The van der Waals surface area contributed by atoms with E-state index in [1.165, 1.54) is 16.5 Å². The highest BCUT2D eigenvalue weighted by Crippen LogP contribution is 2.39. The Morgan fingerprint density at radius 2 is 1.91 bits per heavy atom. The average molecular weight is 474 g/mol. The number of H-pyrrole nitrogens is 1. The Hall–Kier alpha value is -3.26. The first-order valence-electron chi connectivity index (χ1n) is 12.5. The Balaban J connectivity index is 1.50. The second kappa shape index (κ2) is 9.07. The first kappa shape index (κ1) is 23.5. The van der Waals surface area contributed by atoms with Crippen LogP contribution in [-0.4, -0.2) is 74.5 Å². The highest BCUT2D eigenvalue weighted by molar-refractivity contribution is 5.92. The van der Waals surface area contributed by atoms with E-state index in [2.05, 4.69) is 72.5 Å². The maximum atomic E-state index is 12.5. The molecule has 0 saturated carbocycles. The number of aromatic nitrogens is 5. The van der Waals surface area contributed by atoms with E-state index in [4.69, 9.17) is 0 Å². The van der Waals surface area contributed by atoms with Crippen LogP contribution in [0.15, 0.2) is 24.3 Å². The van der Waals surface area contributed by atoms with Crippen LogP contribution >= 0.6 is 0 Å². The number of carbonyl (C=O) groups is 1. The van der Waals surface area contributed by atoms with Crippen molar-refractivity contribution in [2.24, 2.45) is 0 Å². The molecule has 35 heavy (non-hydrogen) atoms. The molecule has 4 heterocycles. The minimum absolute atomic E-state index is 0.228. The molecule has 0 aliphatic carbocycles. The van der Waals surface area contributed by atoms with Crippen molar-refractivity contribution in [1.82, 2.24) is 34.8 Å². The van der Waals surface area contributed by atoms with E-state index in [0.29, 0.717) is 18.4 Å². The van der Waals surface area contributed by atoms with Crippen molar-refractivity contribution in [3.63, 3.8) is 0 Å². The number of nitrogens with zero attached hydrogens (tertiary/aromatic N) is 6. The Kier molecular flexibility index (Phi) is 6.09. The number of aryl methyl sites for hydroxylation is 2. The molecular formula is C27H35N7O. The molecule has 0 radical (unpaired) electrons.